The van der Waals surface area contributed by atoms with Gasteiger partial charge >= 0.3 is 0 Å². The molecule has 3 heterocycles. The maximum absolute atomic E-state index is 5.22. The van der Waals surface area contributed by atoms with E-state index < -0.39 is 5.41 Å². The molecule has 3 aromatic rings. The van der Waals surface area contributed by atoms with Gasteiger partial charge in [-0.2, -0.15) is 0 Å². The normalized spacial score (nSPS) is 14.8. The van der Waals surface area contributed by atoms with Gasteiger partial charge in [0.1, 0.15) is 11.5 Å². The number of benzene rings is 1. The Balaban J connectivity index is 1.72. The minimum atomic E-state index is -0.390. The molecule has 1 aromatic carbocycles. The number of nitrogens with one attached hydrogen (secondary N) is 3. The average molecular weight is 526 g/mol. The van der Waals surface area contributed by atoms with Gasteiger partial charge in [0.15, 0.2) is 0 Å². The van der Waals surface area contributed by atoms with Crippen molar-refractivity contribution in [1.29, 1.82) is 0 Å². The van der Waals surface area contributed by atoms with E-state index in [1.165, 1.54) is 0 Å². The van der Waals surface area contributed by atoms with Gasteiger partial charge in [-0.3, -0.25) is 4.98 Å². The highest BCUT2D eigenvalue weighted by molar-refractivity contribution is 5.72. The summed E-state index contributed by atoms with van der Waals surface area (Å²) in [6.07, 6.45) is 8.55. The van der Waals surface area contributed by atoms with Crippen molar-refractivity contribution in [2.24, 2.45) is 0 Å². The second-order valence-electron chi connectivity index (χ2n) is 10.8. The van der Waals surface area contributed by atoms with Crippen LogP contribution in [-0.4, -0.2) is 65.0 Å². The molecule has 206 valence electrons. The monoisotopic (exact) mass is 525 g/mol. The zero-order valence-electron chi connectivity index (χ0n) is 24.4. The van der Waals surface area contributed by atoms with Crippen molar-refractivity contribution in [3.05, 3.63) is 90.4 Å². The molecule has 39 heavy (non-hydrogen) atoms. The Bertz CT molecular complexity index is 1360. The summed E-state index contributed by atoms with van der Waals surface area (Å²) < 4.78 is 0. The van der Waals surface area contributed by atoms with E-state index >= 15 is 0 Å². The number of piperazine rings is 1. The number of nitrogens with zero attached hydrogens (tertiary/aromatic N) is 4. The van der Waals surface area contributed by atoms with Crippen LogP contribution in [0.15, 0.2) is 67.7 Å². The van der Waals surface area contributed by atoms with Crippen LogP contribution in [0.5, 0.6) is 0 Å². The van der Waals surface area contributed by atoms with E-state index in [0.29, 0.717) is 0 Å². The molecule has 2 aromatic heterocycles. The molecule has 1 aliphatic rings. The number of hydrogen-bond acceptors (Lipinski definition) is 6. The van der Waals surface area contributed by atoms with Crippen molar-refractivity contribution in [1.82, 2.24) is 24.8 Å². The number of aromatic nitrogens is 3. The number of likely N-dealkylation sites (N-methyl/N-ethyl adjacent to an activating group) is 1. The van der Waals surface area contributed by atoms with E-state index in [1.807, 2.05) is 25.5 Å². The van der Waals surface area contributed by atoms with Crippen LogP contribution in [0.2, 0.25) is 0 Å². The lowest BCUT2D eigenvalue weighted by atomic mass is 9.81. The fourth-order valence-electron chi connectivity index (χ4n) is 5.04. The topological polar surface area (TPSA) is 72.1 Å². The zero-order chi connectivity index (χ0) is 28.2. The molecule has 0 atom stereocenters. The van der Waals surface area contributed by atoms with Crippen molar-refractivity contribution < 1.29 is 0 Å². The molecule has 3 N–H and O–H groups in total. The fourth-order valence-corrected chi connectivity index (χ4v) is 5.04. The number of H-pyrrole nitrogens is 1. The number of hydrogen-bond donors (Lipinski definition) is 3. The first-order valence-electron chi connectivity index (χ1n) is 13.7. The number of rotatable bonds is 10. The minimum absolute atomic E-state index is 0.390. The summed E-state index contributed by atoms with van der Waals surface area (Å²) in [5.41, 5.74) is 9.07. The summed E-state index contributed by atoms with van der Waals surface area (Å²) in [5, 5.41) is 6.75. The molecule has 0 aliphatic carbocycles. The van der Waals surface area contributed by atoms with Crippen LogP contribution >= 0.6 is 0 Å². The van der Waals surface area contributed by atoms with E-state index in [2.05, 4.69) is 109 Å². The van der Waals surface area contributed by atoms with E-state index in [9.17, 15) is 0 Å². The lowest BCUT2D eigenvalue weighted by Gasteiger charge is -2.35. The Labute approximate surface area is 233 Å². The highest BCUT2D eigenvalue weighted by Crippen LogP contribution is 2.38. The highest BCUT2D eigenvalue weighted by Gasteiger charge is 2.31. The summed E-state index contributed by atoms with van der Waals surface area (Å²) in [7, 11) is 4.14. The molecule has 0 radical (unpaired) electrons. The largest absolute Gasteiger partial charge is 0.388 e. The van der Waals surface area contributed by atoms with Gasteiger partial charge in [-0.05, 0) is 69.6 Å². The second kappa shape index (κ2) is 11.9. The van der Waals surface area contributed by atoms with E-state index in [1.54, 1.807) is 0 Å². The third kappa shape index (κ3) is 6.09. The Morgan fingerprint density at radius 3 is 2.54 bits per heavy atom. The van der Waals surface area contributed by atoms with Crippen molar-refractivity contribution in [3.63, 3.8) is 0 Å². The zero-order valence-corrected chi connectivity index (χ0v) is 24.4. The number of allylic oxidation sites excluding steroid dienone is 3. The number of anilines is 2. The van der Waals surface area contributed by atoms with Crippen LogP contribution in [-0.2, 0) is 5.41 Å². The third-order valence-electron chi connectivity index (χ3n) is 7.62. The van der Waals surface area contributed by atoms with Crippen LogP contribution < -0.4 is 10.6 Å². The molecule has 0 spiro atoms. The van der Waals surface area contributed by atoms with Crippen molar-refractivity contribution in [2.45, 2.75) is 39.5 Å². The lowest BCUT2D eigenvalue weighted by Crippen LogP contribution is -2.43. The first-order valence-corrected chi connectivity index (χ1v) is 13.7. The molecule has 1 fully saturated rings. The molecule has 1 aliphatic heterocycles. The van der Waals surface area contributed by atoms with E-state index in [4.69, 9.17) is 4.98 Å². The highest BCUT2D eigenvalue weighted by atomic mass is 15.3. The Morgan fingerprint density at radius 1 is 1.13 bits per heavy atom. The second-order valence-corrected chi connectivity index (χ2v) is 10.8. The maximum atomic E-state index is 5.22. The summed E-state index contributed by atoms with van der Waals surface area (Å²) in [6, 6.07) is 8.65. The van der Waals surface area contributed by atoms with Gasteiger partial charge in [-0.15, -0.1) is 0 Å². The predicted molar refractivity (Wildman–Crippen MR) is 165 cm³/mol. The van der Waals surface area contributed by atoms with E-state index in [0.717, 1.165) is 89.3 Å². The molecule has 4 rings (SSSR count). The third-order valence-corrected chi connectivity index (χ3v) is 7.62. The average Bonchev–Trinajstić information content (AvgIpc) is 3.34. The maximum Gasteiger partial charge on any atom is 0.117 e. The van der Waals surface area contributed by atoms with Crippen LogP contribution in [0.3, 0.4) is 0 Å². The molecule has 0 bridgehead atoms. The number of aromatic amines is 1. The number of aryl methyl sites for hydroxylation is 1. The van der Waals surface area contributed by atoms with Gasteiger partial charge in [-0.1, -0.05) is 32.2 Å². The summed E-state index contributed by atoms with van der Waals surface area (Å²) in [6.45, 7) is 20.7. The van der Waals surface area contributed by atoms with E-state index in [-0.39, 0.29) is 0 Å². The van der Waals surface area contributed by atoms with Gasteiger partial charge in [0, 0.05) is 67.5 Å². The molecule has 0 saturated carbocycles. The first-order chi connectivity index (χ1) is 18.7. The van der Waals surface area contributed by atoms with Gasteiger partial charge < -0.3 is 25.4 Å². The Hall–Kier alpha value is -3.84. The molecule has 1 saturated heterocycles. The standard InChI is InChI=1S/C32H43N7/c1-9-11-29(39-16-14-38(8)15-17-39)30-23(4)36-31(37-30)32(5,6)27-19-24(12-13-28(27)33-7)25-18-26(21-34-20-25)35-22(3)10-2/h9,11-13,18-21,33,35H,1,3,10,14-17H2,2,4-8H3,(H,36,37)/b29-11+. The van der Waals surface area contributed by atoms with Crippen molar-refractivity contribution in [2.75, 3.05) is 50.9 Å². The first kappa shape index (κ1) is 28.2. The number of pyridine rings is 1. The quantitative estimate of drug-likeness (QED) is 0.272. The van der Waals surface area contributed by atoms with Crippen molar-refractivity contribution >= 4 is 17.1 Å². The smallest absolute Gasteiger partial charge is 0.117 e. The van der Waals surface area contributed by atoms with Crippen LogP contribution in [0, 0.1) is 6.92 Å². The number of imidazole rings is 1. The fraction of sp³-hybridized carbons (Fsp3) is 0.375. The molecule has 7 nitrogen and oxygen atoms in total. The van der Waals surface area contributed by atoms with Crippen LogP contribution in [0.25, 0.3) is 16.8 Å². The Morgan fingerprint density at radius 2 is 1.87 bits per heavy atom. The summed E-state index contributed by atoms with van der Waals surface area (Å²) in [5.74, 6) is 0.931. The summed E-state index contributed by atoms with van der Waals surface area (Å²) in [4.78, 5) is 18.1. The lowest BCUT2D eigenvalue weighted by molar-refractivity contribution is 0.207. The molecular weight excluding hydrogens is 482 g/mol. The Kier molecular flexibility index (Phi) is 8.60. The van der Waals surface area contributed by atoms with Crippen LogP contribution in [0.4, 0.5) is 11.4 Å². The predicted octanol–water partition coefficient (Wildman–Crippen LogP) is 6.26. The van der Waals surface area contributed by atoms with Gasteiger partial charge in [0.05, 0.1) is 17.6 Å². The molecular formula is C32H43N7. The minimum Gasteiger partial charge on any atom is -0.388 e. The summed E-state index contributed by atoms with van der Waals surface area (Å²) >= 11 is 0. The van der Waals surface area contributed by atoms with Crippen molar-refractivity contribution in [3.8, 4) is 11.1 Å². The van der Waals surface area contributed by atoms with Crippen LogP contribution in [0.1, 0.15) is 50.0 Å². The van der Waals surface area contributed by atoms with Gasteiger partial charge in [0.2, 0.25) is 0 Å². The molecule has 0 unspecified atom stereocenters. The SMILES string of the molecule is C=C/C=C(\c1nc(C(C)(C)c2cc(-c3cncc(NC(=C)CC)c3)ccc2NC)[nH]c1C)N1CCN(C)CC1. The van der Waals surface area contributed by atoms with Gasteiger partial charge in [-0.25, -0.2) is 4.98 Å². The molecule has 7 heteroatoms. The molecule has 0 amide bonds. The van der Waals surface area contributed by atoms with Gasteiger partial charge in [0.25, 0.3) is 0 Å².